The van der Waals surface area contributed by atoms with Crippen LogP contribution in [0.3, 0.4) is 0 Å². The molecule has 184 valence electrons. The number of aliphatic hydroxyl groups is 1. The Bertz CT molecular complexity index is 1320. The summed E-state index contributed by atoms with van der Waals surface area (Å²) in [6.07, 6.45) is 2.01. The zero-order chi connectivity index (χ0) is 25.2. The monoisotopic (exact) mass is 491 g/mol. The van der Waals surface area contributed by atoms with Crippen molar-refractivity contribution in [2.75, 3.05) is 0 Å². The van der Waals surface area contributed by atoms with Crippen LogP contribution in [0.15, 0.2) is 65.6 Å². The summed E-state index contributed by atoms with van der Waals surface area (Å²) in [7, 11) is -3.88. The van der Waals surface area contributed by atoms with Gasteiger partial charge in [-0.25, -0.2) is 8.42 Å². The number of benzene rings is 3. The first kappa shape index (κ1) is 25.3. The summed E-state index contributed by atoms with van der Waals surface area (Å²) in [4.78, 5) is 13.8. The van der Waals surface area contributed by atoms with E-state index in [4.69, 9.17) is 0 Å². The molecule has 35 heavy (non-hydrogen) atoms. The van der Waals surface area contributed by atoms with Crippen LogP contribution < -0.4 is 0 Å². The van der Waals surface area contributed by atoms with Gasteiger partial charge in [0.15, 0.2) is 5.78 Å². The van der Waals surface area contributed by atoms with Gasteiger partial charge in [-0.15, -0.1) is 0 Å². The number of hydrogen-bond donors (Lipinski definition) is 1. The van der Waals surface area contributed by atoms with Crippen LogP contribution in [-0.4, -0.2) is 29.7 Å². The zero-order valence-corrected chi connectivity index (χ0v) is 21.4. The molecule has 6 heteroatoms. The summed E-state index contributed by atoms with van der Waals surface area (Å²) in [5.41, 5.74) is 6.31. The van der Waals surface area contributed by atoms with Gasteiger partial charge >= 0.3 is 0 Å². The molecular weight excluding hydrogens is 458 g/mol. The minimum Gasteiger partial charge on any atom is -0.392 e. The number of aliphatic hydroxyl groups excluding tert-OH is 1. The van der Waals surface area contributed by atoms with Crippen molar-refractivity contribution in [1.82, 2.24) is 4.31 Å². The number of Topliss-reactive ketones (excluding diaryl/α,β-unsaturated/α-hetero) is 1. The number of fused-ring (bicyclic) bond motifs is 1. The summed E-state index contributed by atoms with van der Waals surface area (Å²) in [6, 6.07) is 18.5. The predicted molar refractivity (Wildman–Crippen MR) is 138 cm³/mol. The fourth-order valence-corrected chi connectivity index (χ4v) is 7.24. The zero-order valence-electron chi connectivity index (χ0n) is 20.6. The molecule has 1 N–H and O–H groups in total. The molecule has 1 heterocycles. The lowest BCUT2D eigenvalue weighted by Gasteiger charge is -2.36. The molecular formula is C29H33NO4S. The van der Waals surface area contributed by atoms with Crippen molar-refractivity contribution in [1.29, 1.82) is 0 Å². The number of nitrogens with zero attached hydrogens (tertiary/aromatic N) is 1. The molecule has 5 nitrogen and oxygen atoms in total. The first-order valence-electron chi connectivity index (χ1n) is 12.1. The number of hydrogen-bond acceptors (Lipinski definition) is 4. The highest BCUT2D eigenvalue weighted by Gasteiger charge is 2.40. The van der Waals surface area contributed by atoms with Crippen LogP contribution in [-0.2, 0) is 40.8 Å². The Labute approximate surface area is 208 Å². The highest BCUT2D eigenvalue weighted by molar-refractivity contribution is 7.89. The number of aryl methyl sites for hydroxylation is 4. The minimum absolute atomic E-state index is 0.0150. The summed E-state index contributed by atoms with van der Waals surface area (Å²) in [5, 5.41) is 9.36. The van der Waals surface area contributed by atoms with Crippen molar-refractivity contribution in [3.8, 4) is 0 Å². The van der Waals surface area contributed by atoms with E-state index >= 15 is 0 Å². The van der Waals surface area contributed by atoms with Gasteiger partial charge in [-0.1, -0.05) is 66.2 Å². The Kier molecular flexibility index (Phi) is 7.55. The summed E-state index contributed by atoms with van der Waals surface area (Å²) >= 11 is 0. The maximum atomic E-state index is 14.0. The third-order valence-electron chi connectivity index (χ3n) is 6.81. The molecule has 0 spiro atoms. The molecule has 0 radical (unpaired) electrons. The molecule has 1 unspecified atom stereocenters. The molecule has 4 rings (SSSR count). The van der Waals surface area contributed by atoms with Gasteiger partial charge in [-0.3, -0.25) is 4.79 Å². The van der Waals surface area contributed by atoms with Crippen LogP contribution in [0.4, 0.5) is 0 Å². The first-order valence-corrected chi connectivity index (χ1v) is 13.5. The molecule has 0 amide bonds. The van der Waals surface area contributed by atoms with Crippen molar-refractivity contribution in [3.05, 3.63) is 99.6 Å². The van der Waals surface area contributed by atoms with Gasteiger partial charge in [0, 0.05) is 13.0 Å². The number of sulfonamides is 1. The van der Waals surface area contributed by atoms with E-state index in [1.165, 1.54) is 4.31 Å². The van der Waals surface area contributed by atoms with Crippen molar-refractivity contribution in [2.45, 2.75) is 70.5 Å². The second-order valence-corrected chi connectivity index (χ2v) is 11.4. The number of carbonyl (C=O) groups excluding carboxylic acids is 1. The lowest BCUT2D eigenvalue weighted by Crippen LogP contribution is -2.48. The van der Waals surface area contributed by atoms with Crippen molar-refractivity contribution in [3.63, 3.8) is 0 Å². The SMILES string of the molecule is Cc1cc(C)c(S(=O)(=O)N2Cc3ccccc3CC2C(=O)CCCc2cccc(CO)c2)c(C)c1. The highest BCUT2D eigenvalue weighted by Crippen LogP contribution is 2.33. The molecule has 0 saturated heterocycles. The quantitative estimate of drug-likeness (QED) is 0.491. The van der Waals surface area contributed by atoms with E-state index in [1.807, 2.05) is 81.4 Å². The highest BCUT2D eigenvalue weighted by atomic mass is 32.2. The minimum atomic E-state index is -3.88. The van der Waals surface area contributed by atoms with E-state index in [0.717, 1.165) is 27.8 Å². The Morgan fingerprint density at radius 2 is 1.60 bits per heavy atom. The second-order valence-electron chi connectivity index (χ2n) is 9.56. The number of ketones is 1. The van der Waals surface area contributed by atoms with Crippen LogP contribution in [0.2, 0.25) is 0 Å². The van der Waals surface area contributed by atoms with Crippen LogP contribution in [0.1, 0.15) is 51.8 Å². The van der Waals surface area contributed by atoms with Crippen molar-refractivity contribution < 1.29 is 18.3 Å². The van der Waals surface area contributed by atoms with Gasteiger partial charge in [0.25, 0.3) is 0 Å². The number of carbonyl (C=O) groups is 1. The maximum Gasteiger partial charge on any atom is 0.244 e. The standard InChI is InChI=1S/C29H33NO4S/c1-20-14-21(2)29(22(3)15-20)35(33,34)30-18-26-12-5-4-11-25(26)17-27(30)28(32)13-7-9-23-8-6-10-24(16-23)19-31/h4-6,8,10-12,14-16,27,31H,7,9,13,17-19H2,1-3H3. The molecule has 3 aromatic carbocycles. The Morgan fingerprint density at radius 3 is 2.29 bits per heavy atom. The average Bonchev–Trinajstić information content (AvgIpc) is 2.82. The van der Waals surface area contributed by atoms with Gasteiger partial charge in [0.2, 0.25) is 10.0 Å². The van der Waals surface area contributed by atoms with Gasteiger partial charge in [-0.05, 0) is 73.4 Å². The molecule has 0 bridgehead atoms. The van der Waals surface area contributed by atoms with Crippen LogP contribution >= 0.6 is 0 Å². The van der Waals surface area contributed by atoms with Gasteiger partial charge in [0.1, 0.15) is 0 Å². The fourth-order valence-electron chi connectivity index (χ4n) is 5.23. The van der Waals surface area contributed by atoms with Crippen molar-refractivity contribution >= 4 is 15.8 Å². The topological polar surface area (TPSA) is 74.7 Å². The van der Waals surface area contributed by atoms with Crippen molar-refractivity contribution in [2.24, 2.45) is 0 Å². The van der Waals surface area contributed by atoms with E-state index in [1.54, 1.807) is 0 Å². The molecule has 1 aliphatic rings. The van der Waals surface area contributed by atoms with Gasteiger partial charge < -0.3 is 5.11 Å². The third-order valence-corrected chi connectivity index (χ3v) is 8.97. The fraction of sp³-hybridized carbons (Fsp3) is 0.345. The van der Waals surface area contributed by atoms with Gasteiger partial charge in [-0.2, -0.15) is 4.31 Å². The Hall–Kier alpha value is -2.80. The van der Waals surface area contributed by atoms with E-state index in [0.29, 0.717) is 41.7 Å². The second kappa shape index (κ2) is 10.4. The summed E-state index contributed by atoms with van der Waals surface area (Å²) in [5.74, 6) is -0.0520. The maximum absolute atomic E-state index is 14.0. The molecule has 0 saturated carbocycles. The summed E-state index contributed by atoms with van der Waals surface area (Å²) in [6.45, 7) is 5.78. The largest absolute Gasteiger partial charge is 0.392 e. The Balaban J connectivity index is 1.61. The normalized spacial score (nSPS) is 16.2. The molecule has 0 fully saturated rings. The van der Waals surface area contributed by atoms with Crippen LogP contribution in [0, 0.1) is 20.8 Å². The van der Waals surface area contributed by atoms with Gasteiger partial charge in [0.05, 0.1) is 17.5 Å². The van der Waals surface area contributed by atoms with E-state index < -0.39 is 16.1 Å². The third kappa shape index (κ3) is 5.40. The smallest absolute Gasteiger partial charge is 0.244 e. The first-order chi connectivity index (χ1) is 16.7. The lowest BCUT2D eigenvalue weighted by atomic mass is 9.91. The average molecular weight is 492 g/mol. The molecule has 1 atom stereocenters. The molecule has 1 aliphatic heterocycles. The predicted octanol–water partition coefficient (Wildman–Crippen LogP) is 4.81. The van der Waals surface area contributed by atoms with E-state index in [2.05, 4.69) is 0 Å². The summed E-state index contributed by atoms with van der Waals surface area (Å²) < 4.78 is 29.4. The molecule has 0 aromatic heterocycles. The van der Waals surface area contributed by atoms with E-state index in [9.17, 15) is 18.3 Å². The molecule has 0 aliphatic carbocycles. The van der Waals surface area contributed by atoms with Crippen LogP contribution in [0.25, 0.3) is 0 Å². The molecule has 3 aromatic rings. The lowest BCUT2D eigenvalue weighted by molar-refractivity contribution is -0.123. The number of rotatable bonds is 8. The Morgan fingerprint density at radius 1 is 0.943 bits per heavy atom. The van der Waals surface area contributed by atoms with Crippen LogP contribution in [0.5, 0.6) is 0 Å². The van der Waals surface area contributed by atoms with E-state index in [-0.39, 0.29) is 18.9 Å².